The van der Waals surface area contributed by atoms with Crippen LogP contribution in [0.25, 0.3) is 0 Å². The molecule has 1 N–H and O–H groups in total. The Kier molecular flexibility index (Phi) is 4.02. The van der Waals surface area contributed by atoms with Gasteiger partial charge in [0.1, 0.15) is 6.10 Å². The quantitative estimate of drug-likeness (QED) is 0.882. The average molecular weight is 260 g/mol. The van der Waals surface area contributed by atoms with Crippen LogP contribution in [0, 0.1) is 5.92 Å². The van der Waals surface area contributed by atoms with Gasteiger partial charge in [-0.2, -0.15) is 0 Å². The summed E-state index contributed by atoms with van der Waals surface area (Å²) in [5.41, 5.74) is 1.25. The Balaban J connectivity index is 1.47. The molecule has 0 spiro atoms. The van der Waals surface area contributed by atoms with E-state index in [1.54, 1.807) is 0 Å². The molecule has 0 radical (unpaired) electrons. The van der Waals surface area contributed by atoms with Gasteiger partial charge < -0.3 is 10.1 Å². The zero-order chi connectivity index (χ0) is 13.1. The normalized spacial score (nSPS) is 27.2. The molecule has 0 atom stereocenters. The van der Waals surface area contributed by atoms with E-state index >= 15 is 0 Å². The van der Waals surface area contributed by atoms with E-state index in [1.165, 1.54) is 44.1 Å². The molecule has 0 unspecified atom stereocenters. The van der Waals surface area contributed by atoms with Crippen molar-refractivity contribution in [3.8, 4) is 5.88 Å². The number of hydrogen-bond acceptors (Lipinski definition) is 3. The predicted octanol–water partition coefficient (Wildman–Crippen LogP) is 3.29. The van der Waals surface area contributed by atoms with Gasteiger partial charge in [-0.25, -0.2) is 4.98 Å². The van der Waals surface area contributed by atoms with E-state index in [2.05, 4.69) is 23.3 Å². The van der Waals surface area contributed by atoms with Crippen molar-refractivity contribution in [1.29, 1.82) is 0 Å². The Hall–Kier alpha value is -1.09. The third-order valence-corrected chi connectivity index (χ3v) is 4.22. The summed E-state index contributed by atoms with van der Waals surface area (Å²) in [4.78, 5) is 4.43. The lowest BCUT2D eigenvalue weighted by molar-refractivity contribution is 0.130. The molecule has 3 nitrogen and oxygen atoms in total. The molecule has 1 aromatic heterocycles. The van der Waals surface area contributed by atoms with Gasteiger partial charge in [0.25, 0.3) is 0 Å². The van der Waals surface area contributed by atoms with Crippen molar-refractivity contribution in [2.45, 2.75) is 64.1 Å². The van der Waals surface area contributed by atoms with Crippen LogP contribution in [0.1, 0.15) is 51.0 Å². The topological polar surface area (TPSA) is 34.1 Å². The van der Waals surface area contributed by atoms with Crippen molar-refractivity contribution in [1.82, 2.24) is 10.3 Å². The minimum absolute atomic E-state index is 0.374. The first-order valence-electron chi connectivity index (χ1n) is 7.64. The highest BCUT2D eigenvalue weighted by Gasteiger charge is 2.21. The molecule has 0 amide bonds. The Morgan fingerprint density at radius 1 is 1.16 bits per heavy atom. The number of rotatable bonds is 5. The van der Waals surface area contributed by atoms with Gasteiger partial charge in [0.05, 0.1) is 0 Å². The summed E-state index contributed by atoms with van der Waals surface area (Å²) in [6, 6.07) is 4.89. The molecule has 0 aliphatic heterocycles. The van der Waals surface area contributed by atoms with Crippen LogP contribution >= 0.6 is 0 Å². The van der Waals surface area contributed by atoms with E-state index in [4.69, 9.17) is 4.74 Å². The van der Waals surface area contributed by atoms with Gasteiger partial charge in [-0.3, -0.25) is 0 Å². The molecule has 19 heavy (non-hydrogen) atoms. The maximum Gasteiger partial charge on any atom is 0.213 e. The number of nitrogens with one attached hydrogen (secondary N) is 1. The third kappa shape index (κ3) is 3.93. The van der Waals surface area contributed by atoms with Crippen molar-refractivity contribution in [3.05, 3.63) is 23.9 Å². The van der Waals surface area contributed by atoms with Gasteiger partial charge in [-0.15, -0.1) is 0 Å². The maximum atomic E-state index is 5.97. The fourth-order valence-electron chi connectivity index (χ4n) is 2.65. The van der Waals surface area contributed by atoms with Crippen LogP contribution in [0.2, 0.25) is 0 Å². The van der Waals surface area contributed by atoms with Crippen LogP contribution in [-0.4, -0.2) is 17.1 Å². The van der Waals surface area contributed by atoms with E-state index < -0.39 is 0 Å². The number of ether oxygens (including phenoxy) is 1. The maximum absolute atomic E-state index is 5.97. The van der Waals surface area contributed by atoms with Gasteiger partial charge in [0, 0.05) is 24.8 Å². The van der Waals surface area contributed by atoms with Gasteiger partial charge in [0.2, 0.25) is 5.88 Å². The molecule has 2 aliphatic rings. The van der Waals surface area contributed by atoms with Crippen LogP contribution in [0.5, 0.6) is 5.88 Å². The summed E-state index contributed by atoms with van der Waals surface area (Å²) in [6.07, 6.45) is 9.89. The van der Waals surface area contributed by atoms with Crippen LogP contribution in [0.15, 0.2) is 18.3 Å². The summed E-state index contributed by atoms with van der Waals surface area (Å²) in [5.74, 6) is 1.65. The summed E-state index contributed by atoms with van der Waals surface area (Å²) < 4.78 is 5.97. The third-order valence-electron chi connectivity index (χ3n) is 4.22. The molecule has 2 aliphatic carbocycles. The zero-order valence-electron chi connectivity index (χ0n) is 11.8. The minimum Gasteiger partial charge on any atom is -0.474 e. The SMILES string of the molecule is CC1CCC(Oc2ccc(CNC3CC3)cn2)CC1. The lowest BCUT2D eigenvalue weighted by atomic mass is 9.89. The Morgan fingerprint density at radius 2 is 1.95 bits per heavy atom. The molecule has 2 fully saturated rings. The highest BCUT2D eigenvalue weighted by atomic mass is 16.5. The largest absolute Gasteiger partial charge is 0.474 e. The van der Waals surface area contributed by atoms with Gasteiger partial charge in [-0.05, 0) is 50.0 Å². The Labute approximate surface area is 115 Å². The summed E-state index contributed by atoms with van der Waals surface area (Å²) in [6.45, 7) is 3.26. The van der Waals surface area contributed by atoms with Gasteiger partial charge >= 0.3 is 0 Å². The fourth-order valence-corrected chi connectivity index (χ4v) is 2.65. The van der Waals surface area contributed by atoms with Crippen molar-refractivity contribution in [2.75, 3.05) is 0 Å². The monoisotopic (exact) mass is 260 g/mol. The first-order valence-corrected chi connectivity index (χ1v) is 7.64. The second kappa shape index (κ2) is 5.91. The molecular weight excluding hydrogens is 236 g/mol. The van der Waals surface area contributed by atoms with Crippen molar-refractivity contribution in [2.24, 2.45) is 5.92 Å². The second-order valence-corrected chi connectivity index (χ2v) is 6.16. The number of nitrogens with zero attached hydrogens (tertiary/aromatic N) is 1. The van der Waals surface area contributed by atoms with Crippen molar-refractivity contribution in [3.63, 3.8) is 0 Å². The fraction of sp³-hybridized carbons (Fsp3) is 0.688. The molecule has 0 saturated heterocycles. The van der Waals surface area contributed by atoms with Crippen LogP contribution in [0.3, 0.4) is 0 Å². The Bertz CT molecular complexity index is 392. The van der Waals surface area contributed by atoms with E-state index in [-0.39, 0.29) is 0 Å². The summed E-state index contributed by atoms with van der Waals surface area (Å²) >= 11 is 0. The zero-order valence-corrected chi connectivity index (χ0v) is 11.8. The Morgan fingerprint density at radius 3 is 2.58 bits per heavy atom. The number of aromatic nitrogens is 1. The lowest BCUT2D eigenvalue weighted by Gasteiger charge is -2.26. The highest BCUT2D eigenvalue weighted by molar-refractivity contribution is 5.18. The van der Waals surface area contributed by atoms with Crippen molar-refractivity contribution < 1.29 is 4.74 Å². The standard InChI is InChI=1S/C16H24N2O/c1-12-2-7-15(8-3-12)19-16-9-4-13(11-18-16)10-17-14-5-6-14/h4,9,11-12,14-15,17H,2-3,5-8,10H2,1H3. The molecule has 104 valence electrons. The molecule has 1 aromatic rings. The highest BCUT2D eigenvalue weighted by Crippen LogP contribution is 2.26. The van der Waals surface area contributed by atoms with E-state index in [9.17, 15) is 0 Å². The van der Waals surface area contributed by atoms with Crippen molar-refractivity contribution >= 4 is 0 Å². The van der Waals surface area contributed by atoms with E-state index in [0.29, 0.717) is 6.10 Å². The summed E-state index contributed by atoms with van der Waals surface area (Å²) in [5, 5.41) is 3.50. The van der Waals surface area contributed by atoms with Gasteiger partial charge in [-0.1, -0.05) is 13.0 Å². The lowest BCUT2D eigenvalue weighted by Crippen LogP contribution is -2.23. The molecule has 0 aromatic carbocycles. The molecule has 3 rings (SSSR count). The molecule has 2 saturated carbocycles. The van der Waals surface area contributed by atoms with Crippen LogP contribution in [-0.2, 0) is 6.54 Å². The molecule has 0 bridgehead atoms. The van der Waals surface area contributed by atoms with Gasteiger partial charge in [0.15, 0.2) is 0 Å². The molecular formula is C16H24N2O. The first-order chi connectivity index (χ1) is 9.29. The van der Waals surface area contributed by atoms with Crippen LogP contribution < -0.4 is 10.1 Å². The summed E-state index contributed by atoms with van der Waals surface area (Å²) in [7, 11) is 0. The second-order valence-electron chi connectivity index (χ2n) is 6.16. The predicted molar refractivity (Wildman–Crippen MR) is 76.1 cm³/mol. The van der Waals surface area contributed by atoms with E-state index in [1.807, 2.05) is 12.3 Å². The number of pyridine rings is 1. The minimum atomic E-state index is 0.374. The molecule has 1 heterocycles. The molecule has 3 heteroatoms. The first kappa shape index (κ1) is 12.9. The smallest absolute Gasteiger partial charge is 0.213 e. The average Bonchev–Trinajstić information content (AvgIpc) is 3.25. The number of hydrogen-bond donors (Lipinski definition) is 1. The van der Waals surface area contributed by atoms with Crippen LogP contribution in [0.4, 0.5) is 0 Å². The van der Waals surface area contributed by atoms with E-state index in [0.717, 1.165) is 24.4 Å².